The van der Waals surface area contributed by atoms with E-state index in [0.29, 0.717) is 12.2 Å². The Bertz CT molecular complexity index is 420. The molecule has 2 heteroatoms. The first kappa shape index (κ1) is 16.5. The molecule has 0 unspecified atom stereocenters. The Balaban J connectivity index is 1.85. The molecule has 2 aliphatic carbocycles. The SMILES string of the molecule is CC(C)(C[N+](C)(C)C)[C@H]1O[C@@H]2CCCC[C@@H]2[C@H]2C=CCC[C@@H]21. The predicted octanol–water partition coefficient (Wildman–Crippen LogP) is 4.26. The average Bonchev–Trinajstić information content (AvgIpc) is 2.44. The van der Waals surface area contributed by atoms with E-state index in [1.807, 2.05) is 0 Å². The lowest BCUT2D eigenvalue weighted by Crippen LogP contribution is -2.57. The molecule has 1 saturated heterocycles. The molecule has 5 atom stereocenters. The molecule has 22 heavy (non-hydrogen) atoms. The van der Waals surface area contributed by atoms with Crippen LogP contribution in [0.1, 0.15) is 52.4 Å². The van der Waals surface area contributed by atoms with Gasteiger partial charge in [0.05, 0.1) is 39.9 Å². The molecule has 0 N–H and O–H groups in total. The van der Waals surface area contributed by atoms with E-state index in [1.54, 1.807) is 0 Å². The first-order valence-corrected chi connectivity index (χ1v) is 9.40. The van der Waals surface area contributed by atoms with Gasteiger partial charge in [-0.15, -0.1) is 0 Å². The second-order valence-corrected chi connectivity index (χ2v) is 9.73. The van der Waals surface area contributed by atoms with Crippen molar-refractivity contribution < 1.29 is 9.22 Å². The van der Waals surface area contributed by atoms with Crippen LogP contribution in [-0.4, -0.2) is 44.4 Å². The number of hydrogen-bond acceptors (Lipinski definition) is 1. The summed E-state index contributed by atoms with van der Waals surface area (Å²) >= 11 is 0. The van der Waals surface area contributed by atoms with Crippen molar-refractivity contribution in [1.82, 2.24) is 0 Å². The van der Waals surface area contributed by atoms with Gasteiger partial charge in [0.15, 0.2) is 0 Å². The van der Waals surface area contributed by atoms with Gasteiger partial charge in [0.2, 0.25) is 0 Å². The highest BCUT2D eigenvalue weighted by Gasteiger charge is 2.51. The van der Waals surface area contributed by atoms with Crippen molar-refractivity contribution in [3.63, 3.8) is 0 Å². The number of ether oxygens (including phenoxy) is 1. The summed E-state index contributed by atoms with van der Waals surface area (Å²) in [5.74, 6) is 2.32. The minimum atomic E-state index is 0.245. The van der Waals surface area contributed by atoms with Gasteiger partial charge in [0.25, 0.3) is 0 Å². The van der Waals surface area contributed by atoms with Crippen molar-refractivity contribution in [1.29, 1.82) is 0 Å². The van der Waals surface area contributed by atoms with Crippen LogP contribution in [0.2, 0.25) is 0 Å². The fourth-order valence-electron chi connectivity index (χ4n) is 5.79. The summed E-state index contributed by atoms with van der Waals surface area (Å²) in [4.78, 5) is 0. The number of quaternary nitrogens is 1. The van der Waals surface area contributed by atoms with Crippen molar-refractivity contribution in [2.75, 3.05) is 27.7 Å². The number of nitrogens with zero attached hydrogens (tertiary/aromatic N) is 1. The van der Waals surface area contributed by atoms with Crippen molar-refractivity contribution in [2.24, 2.45) is 23.2 Å². The molecule has 126 valence electrons. The minimum absolute atomic E-state index is 0.245. The summed E-state index contributed by atoms with van der Waals surface area (Å²) < 4.78 is 7.85. The zero-order valence-electron chi connectivity index (χ0n) is 15.3. The van der Waals surface area contributed by atoms with Crippen molar-refractivity contribution in [3.8, 4) is 0 Å². The van der Waals surface area contributed by atoms with E-state index in [4.69, 9.17) is 4.74 Å². The summed E-state index contributed by atoms with van der Waals surface area (Å²) in [6.45, 7) is 6.07. The highest BCUT2D eigenvalue weighted by atomic mass is 16.5. The van der Waals surface area contributed by atoms with Gasteiger partial charge in [-0.2, -0.15) is 0 Å². The molecular weight excluding hydrogens is 270 g/mol. The molecule has 3 aliphatic rings. The molecule has 1 heterocycles. The monoisotopic (exact) mass is 306 g/mol. The Morgan fingerprint density at radius 1 is 1.05 bits per heavy atom. The number of allylic oxidation sites excluding steroid dienone is 2. The van der Waals surface area contributed by atoms with Crippen molar-refractivity contribution >= 4 is 0 Å². The van der Waals surface area contributed by atoms with Crippen LogP contribution in [0.3, 0.4) is 0 Å². The normalized spacial score (nSPS) is 39.2. The molecule has 1 aliphatic heterocycles. The van der Waals surface area contributed by atoms with E-state index in [2.05, 4.69) is 47.1 Å². The van der Waals surface area contributed by atoms with E-state index in [0.717, 1.165) is 22.2 Å². The molecular formula is C20H36NO+. The summed E-state index contributed by atoms with van der Waals surface area (Å²) in [6.07, 6.45) is 14.0. The van der Waals surface area contributed by atoms with Crippen LogP contribution in [0, 0.1) is 23.2 Å². The largest absolute Gasteiger partial charge is 0.374 e. The van der Waals surface area contributed by atoms with Crippen LogP contribution in [0.25, 0.3) is 0 Å². The van der Waals surface area contributed by atoms with Crippen LogP contribution < -0.4 is 0 Å². The number of rotatable bonds is 3. The zero-order valence-corrected chi connectivity index (χ0v) is 15.3. The summed E-state index contributed by atoms with van der Waals surface area (Å²) in [5, 5.41) is 0. The highest BCUT2D eigenvalue weighted by Crippen LogP contribution is 2.50. The fourth-order valence-corrected chi connectivity index (χ4v) is 5.79. The Kier molecular flexibility index (Phi) is 4.46. The first-order valence-electron chi connectivity index (χ1n) is 9.40. The van der Waals surface area contributed by atoms with Crippen LogP contribution in [0.5, 0.6) is 0 Å². The van der Waals surface area contributed by atoms with E-state index in [1.165, 1.54) is 45.1 Å². The molecule has 0 aromatic carbocycles. The van der Waals surface area contributed by atoms with E-state index in [-0.39, 0.29) is 5.41 Å². The molecule has 0 bridgehead atoms. The van der Waals surface area contributed by atoms with Gasteiger partial charge in [-0.3, -0.25) is 0 Å². The summed E-state index contributed by atoms with van der Waals surface area (Å²) in [6, 6.07) is 0. The lowest BCUT2D eigenvalue weighted by molar-refractivity contribution is -0.877. The standard InChI is InChI=1S/C20H36NO/c1-20(2,14-21(3,4)5)19-17-12-7-6-10-15(17)16-11-8-9-13-18(16)22-19/h6,10,15-19H,7-9,11-14H2,1-5H3/q+1/t15-,16-,17+,18-,19+/m1/s1. The Hall–Kier alpha value is -0.340. The zero-order chi connectivity index (χ0) is 16.0. The molecule has 0 spiro atoms. The van der Waals surface area contributed by atoms with Crippen LogP contribution in [-0.2, 0) is 4.74 Å². The minimum Gasteiger partial charge on any atom is -0.374 e. The third-order valence-electron chi connectivity index (χ3n) is 6.13. The lowest BCUT2D eigenvalue weighted by atomic mass is 9.61. The third kappa shape index (κ3) is 3.28. The number of fused-ring (bicyclic) bond motifs is 3. The summed E-state index contributed by atoms with van der Waals surface area (Å²) in [5.41, 5.74) is 0.245. The second-order valence-electron chi connectivity index (χ2n) is 9.73. The van der Waals surface area contributed by atoms with Gasteiger partial charge >= 0.3 is 0 Å². The van der Waals surface area contributed by atoms with Crippen LogP contribution >= 0.6 is 0 Å². The van der Waals surface area contributed by atoms with Crippen LogP contribution in [0.15, 0.2) is 12.2 Å². The molecule has 0 aromatic rings. The molecule has 0 amide bonds. The van der Waals surface area contributed by atoms with Crippen molar-refractivity contribution in [3.05, 3.63) is 12.2 Å². The van der Waals surface area contributed by atoms with E-state index in [9.17, 15) is 0 Å². The smallest absolute Gasteiger partial charge is 0.0857 e. The summed E-state index contributed by atoms with van der Waals surface area (Å²) in [7, 11) is 6.94. The van der Waals surface area contributed by atoms with E-state index >= 15 is 0 Å². The molecule has 2 nitrogen and oxygen atoms in total. The molecule has 1 saturated carbocycles. The van der Waals surface area contributed by atoms with Gasteiger partial charge in [0, 0.05) is 5.41 Å². The van der Waals surface area contributed by atoms with Gasteiger partial charge < -0.3 is 9.22 Å². The third-order valence-corrected chi connectivity index (χ3v) is 6.13. The van der Waals surface area contributed by atoms with Crippen LogP contribution in [0.4, 0.5) is 0 Å². The molecule has 0 aromatic heterocycles. The quantitative estimate of drug-likeness (QED) is 0.559. The Morgan fingerprint density at radius 2 is 1.77 bits per heavy atom. The molecule has 2 fully saturated rings. The Labute approximate surface area is 137 Å². The molecule has 0 radical (unpaired) electrons. The second kappa shape index (κ2) is 5.94. The number of hydrogen-bond donors (Lipinski definition) is 0. The average molecular weight is 307 g/mol. The van der Waals surface area contributed by atoms with Gasteiger partial charge in [0.1, 0.15) is 0 Å². The fraction of sp³-hybridized carbons (Fsp3) is 0.900. The Morgan fingerprint density at radius 3 is 2.50 bits per heavy atom. The first-order chi connectivity index (χ1) is 10.3. The maximum atomic E-state index is 6.83. The maximum Gasteiger partial charge on any atom is 0.0857 e. The van der Waals surface area contributed by atoms with Gasteiger partial charge in [-0.1, -0.05) is 38.8 Å². The molecule has 3 rings (SSSR count). The maximum absolute atomic E-state index is 6.83. The lowest BCUT2D eigenvalue weighted by Gasteiger charge is -2.54. The predicted molar refractivity (Wildman–Crippen MR) is 92.7 cm³/mol. The van der Waals surface area contributed by atoms with Crippen molar-refractivity contribution in [2.45, 2.75) is 64.6 Å². The highest BCUT2D eigenvalue weighted by molar-refractivity contribution is 5.08. The van der Waals surface area contributed by atoms with Gasteiger partial charge in [-0.25, -0.2) is 0 Å². The van der Waals surface area contributed by atoms with E-state index < -0.39 is 0 Å². The van der Waals surface area contributed by atoms with Gasteiger partial charge in [-0.05, 0) is 43.4 Å². The topological polar surface area (TPSA) is 9.23 Å².